The minimum atomic E-state index is -0.389. The summed E-state index contributed by atoms with van der Waals surface area (Å²) in [6.45, 7) is 2.20. The van der Waals surface area contributed by atoms with E-state index in [9.17, 15) is 9.59 Å². The minimum Gasteiger partial charge on any atom is -0.358 e. The number of thiocarbonyl (C=S) groups is 1. The van der Waals surface area contributed by atoms with Gasteiger partial charge in [0, 0.05) is 17.3 Å². The van der Waals surface area contributed by atoms with Crippen LogP contribution in [0.15, 0.2) is 24.3 Å². The van der Waals surface area contributed by atoms with Gasteiger partial charge in [0.2, 0.25) is 5.91 Å². The van der Waals surface area contributed by atoms with Crippen molar-refractivity contribution in [2.75, 3.05) is 5.32 Å². The first-order valence-corrected chi connectivity index (χ1v) is 9.04. The van der Waals surface area contributed by atoms with Crippen LogP contribution in [-0.2, 0) is 4.79 Å². The largest absolute Gasteiger partial charge is 0.358 e. The fourth-order valence-electron chi connectivity index (χ4n) is 2.90. The molecule has 2 unspecified atom stereocenters. The third-order valence-electron chi connectivity index (χ3n) is 4.39. The van der Waals surface area contributed by atoms with Crippen LogP contribution >= 0.6 is 12.2 Å². The van der Waals surface area contributed by atoms with Crippen molar-refractivity contribution in [1.29, 1.82) is 5.26 Å². The van der Waals surface area contributed by atoms with E-state index in [1.54, 1.807) is 30.3 Å². The quantitative estimate of drug-likeness (QED) is 0.476. The smallest absolute Gasteiger partial charge is 0.269 e. The Hall–Kier alpha value is -2.66. The molecule has 1 aliphatic rings. The van der Waals surface area contributed by atoms with Crippen LogP contribution in [0.4, 0.5) is 5.69 Å². The number of carbonyl (C=O) groups excluding carboxylic acids is 2. The lowest BCUT2D eigenvalue weighted by Gasteiger charge is -2.30. The molecule has 0 spiro atoms. The zero-order valence-corrected chi connectivity index (χ0v) is 15.5. The van der Waals surface area contributed by atoms with Gasteiger partial charge in [-0.2, -0.15) is 5.26 Å². The first-order valence-electron chi connectivity index (χ1n) is 8.63. The second-order valence-corrected chi connectivity index (χ2v) is 6.79. The molecular weight excluding hydrogens is 350 g/mol. The molecule has 0 aliphatic heterocycles. The molecule has 2 amide bonds. The summed E-state index contributed by atoms with van der Waals surface area (Å²) in [5.41, 5.74) is 6.24. The van der Waals surface area contributed by atoms with Gasteiger partial charge in [-0.3, -0.25) is 20.4 Å². The fraction of sp³-hybridized carbons (Fsp3) is 0.444. The molecule has 0 radical (unpaired) electrons. The van der Waals surface area contributed by atoms with Crippen molar-refractivity contribution in [3.8, 4) is 6.07 Å². The number of rotatable bonds is 4. The Balaban J connectivity index is 1.79. The lowest BCUT2D eigenvalue weighted by atomic mass is 9.86. The Morgan fingerprint density at radius 2 is 1.88 bits per heavy atom. The third kappa shape index (κ3) is 6.01. The van der Waals surface area contributed by atoms with E-state index in [0.717, 1.165) is 6.42 Å². The second kappa shape index (κ2) is 9.73. The van der Waals surface area contributed by atoms with Gasteiger partial charge in [0.05, 0.1) is 6.07 Å². The molecule has 4 N–H and O–H groups in total. The van der Waals surface area contributed by atoms with Crippen LogP contribution in [0.5, 0.6) is 0 Å². The average molecular weight is 373 g/mol. The van der Waals surface area contributed by atoms with E-state index in [2.05, 4.69) is 28.4 Å². The van der Waals surface area contributed by atoms with Gasteiger partial charge in [-0.05, 0) is 55.2 Å². The predicted octanol–water partition coefficient (Wildman–Crippen LogP) is 2.23. The average Bonchev–Trinajstić information content (AvgIpc) is 2.62. The summed E-state index contributed by atoms with van der Waals surface area (Å²) in [6, 6.07) is 8.47. The van der Waals surface area contributed by atoms with Crippen LogP contribution in [-0.4, -0.2) is 23.0 Å². The highest BCUT2D eigenvalue weighted by atomic mass is 32.1. The van der Waals surface area contributed by atoms with Crippen LogP contribution in [0.3, 0.4) is 0 Å². The number of hydrogen-bond acceptors (Lipinski definition) is 4. The molecule has 1 saturated carbocycles. The normalized spacial score (nSPS) is 18.9. The van der Waals surface area contributed by atoms with Crippen molar-refractivity contribution >= 4 is 34.8 Å². The lowest BCUT2D eigenvalue weighted by molar-refractivity contribution is -0.115. The molecule has 0 bridgehead atoms. The van der Waals surface area contributed by atoms with Gasteiger partial charge in [-0.15, -0.1) is 0 Å². The van der Waals surface area contributed by atoms with E-state index in [1.807, 2.05) is 0 Å². The van der Waals surface area contributed by atoms with E-state index < -0.39 is 0 Å². The molecule has 7 nitrogen and oxygen atoms in total. The molecule has 0 heterocycles. The highest BCUT2D eigenvalue weighted by Crippen LogP contribution is 2.23. The number of nitrogens with zero attached hydrogens (tertiary/aromatic N) is 1. The van der Waals surface area contributed by atoms with Crippen molar-refractivity contribution in [2.24, 2.45) is 5.92 Å². The summed E-state index contributed by atoms with van der Waals surface area (Å²) >= 11 is 5.24. The third-order valence-corrected chi connectivity index (χ3v) is 4.61. The standard InChI is InChI=1S/C18H23N5O2S/c1-12-4-2-3-5-15(12)21-18(26)23-22-17(25)13-6-8-14(9-7-13)20-16(24)10-11-19/h6-9,12,15H,2-5,10H2,1H3,(H,20,24)(H,22,25)(H2,21,23,26). The van der Waals surface area contributed by atoms with Crippen molar-refractivity contribution in [3.63, 3.8) is 0 Å². The van der Waals surface area contributed by atoms with Gasteiger partial charge >= 0.3 is 0 Å². The number of nitrogens with one attached hydrogen (secondary N) is 4. The molecule has 0 aromatic heterocycles. The Kier molecular flexibility index (Phi) is 7.36. The molecule has 26 heavy (non-hydrogen) atoms. The Morgan fingerprint density at radius 3 is 2.54 bits per heavy atom. The first-order chi connectivity index (χ1) is 12.5. The molecule has 2 rings (SSSR count). The Morgan fingerprint density at radius 1 is 1.19 bits per heavy atom. The first kappa shape index (κ1) is 19.7. The second-order valence-electron chi connectivity index (χ2n) is 6.38. The number of carbonyl (C=O) groups is 2. The maximum atomic E-state index is 12.2. The molecule has 8 heteroatoms. The molecular formula is C18H23N5O2S. The molecule has 1 aliphatic carbocycles. The van der Waals surface area contributed by atoms with Crippen molar-refractivity contribution in [1.82, 2.24) is 16.2 Å². The van der Waals surface area contributed by atoms with Gasteiger partial charge in [0.25, 0.3) is 5.91 Å². The van der Waals surface area contributed by atoms with Crippen molar-refractivity contribution < 1.29 is 9.59 Å². The summed E-state index contributed by atoms with van der Waals surface area (Å²) in [4.78, 5) is 23.5. The fourth-order valence-corrected chi connectivity index (χ4v) is 3.11. The van der Waals surface area contributed by atoms with E-state index >= 15 is 0 Å². The van der Waals surface area contributed by atoms with Crippen molar-refractivity contribution in [2.45, 2.75) is 45.1 Å². The summed E-state index contributed by atoms with van der Waals surface area (Å²) in [5.74, 6) is -0.163. The van der Waals surface area contributed by atoms with Crippen LogP contribution in [0, 0.1) is 17.2 Å². The van der Waals surface area contributed by atoms with Gasteiger partial charge in [-0.25, -0.2) is 0 Å². The van der Waals surface area contributed by atoms with E-state index in [4.69, 9.17) is 17.5 Å². The van der Waals surface area contributed by atoms with Crippen molar-refractivity contribution in [3.05, 3.63) is 29.8 Å². The number of hydrazine groups is 1. The van der Waals surface area contributed by atoms with E-state index in [0.29, 0.717) is 28.3 Å². The lowest BCUT2D eigenvalue weighted by Crippen LogP contribution is -2.51. The van der Waals surface area contributed by atoms with Gasteiger partial charge in [0.15, 0.2) is 5.11 Å². The van der Waals surface area contributed by atoms with Gasteiger partial charge in [0.1, 0.15) is 6.42 Å². The highest BCUT2D eigenvalue weighted by Gasteiger charge is 2.21. The molecule has 138 valence electrons. The summed E-state index contributed by atoms with van der Waals surface area (Å²) < 4.78 is 0. The maximum Gasteiger partial charge on any atom is 0.269 e. The topological polar surface area (TPSA) is 106 Å². The number of hydrogen-bond donors (Lipinski definition) is 4. The maximum absolute atomic E-state index is 12.2. The van der Waals surface area contributed by atoms with Crippen LogP contribution in [0.1, 0.15) is 49.4 Å². The number of benzene rings is 1. The van der Waals surface area contributed by atoms with Gasteiger partial charge < -0.3 is 10.6 Å². The summed E-state index contributed by atoms with van der Waals surface area (Å²) in [7, 11) is 0. The predicted molar refractivity (Wildman–Crippen MR) is 103 cm³/mol. The molecule has 2 atom stereocenters. The summed E-state index contributed by atoms with van der Waals surface area (Å²) in [5, 5.41) is 14.7. The Labute approximate surface area is 158 Å². The monoisotopic (exact) mass is 373 g/mol. The number of amides is 2. The van der Waals surface area contributed by atoms with E-state index in [1.165, 1.54) is 19.3 Å². The molecule has 0 saturated heterocycles. The number of nitriles is 1. The number of anilines is 1. The minimum absolute atomic E-state index is 0.212. The molecule has 1 aromatic carbocycles. The van der Waals surface area contributed by atoms with E-state index in [-0.39, 0.29) is 18.2 Å². The molecule has 1 aromatic rings. The summed E-state index contributed by atoms with van der Waals surface area (Å²) in [6.07, 6.45) is 4.49. The SMILES string of the molecule is CC1CCCCC1NC(=S)NNC(=O)c1ccc(NC(=O)CC#N)cc1. The Bertz CT molecular complexity index is 699. The van der Waals surface area contributed by atoms with Crippen LogP contribution < -0.4 is 21.5 Å². The zero-order valence-electron chi connectivity index (χ0n) is 14.7. The van der Waals surface area contributed by atoms with Crippen LogP contribution in [0.2, 0.25) is 0 Å². The van der Waals surface area contributed by atoms with Crippen LogP contribution in [0.25, 0.3) is 0 Å². The molecule has 1 fully saturated rings. The zero-order chi connectivity index (χ0) is 18.9. The highest BCUT2D eigenvalue weighted by molar-refractivity contribution is 7.80. The van der Waals surface area contributed by atoms with Gasteiger partial charge in [-0.1, -0.05) is 19.8 Å².